The number of carbonyl (C=O) groups excluding carboxylic acids is 2. The van der Waals surface area contributed by atoms with Crippen molar-refractivity contribution in [2.45, 2.75) is 13.0 Å². The van der Waals surface area contributed by atoms with Crippen molar-refractivity contribution >= 4 is 11.8 Å². The van der Waals surface area contributed by atoms with Gasteiger partial charge < -0.3 is 9.47 Å². The molecule has 0 spiro atoms. The summed E-state index contributed by atoms with van der Waals surface area (Å²) >= 11 is 0. The van der Waals surface area contributed by atoms with Crippen LogP contribution in [0.3, 0.4) is 0 Å². The largest absolute Gasteiger partial charge is 0.478 e. The summed E-state index contributed by atoms with van der Waals surface area (Å²) in [6, 6.07) is 21.4. The molecule has 0 heterocycles. The van der Waals surface area contributed by atoms with Gasteiger partial charge in [0, 0.05) is 5.56 Å². The van der Waals surface area contributed by atoms with Crippen molar-refractivity contribution in [1.29, 1.82) is 0 Å². The summed E-state index contributed by atoms with van der Waals surface area (Å²) in [5, 5.41) is 0. The van der Waals surface area contributed by atoms with E-state index in [0.29, 0.717) is 17.1 Å². The molecule has 1 unspecified atom stereocenters. The van der Waals surface area contributed by atoms with Gasteiger partial charge in [0.1, 0.15) is 11.5 Å². The van der Waals surface area contributed by atoms with Crippen LogP contribution in [0.25, 0.3) is 0 Å². The van der Waals surface area contributed by atoms with E-state index < -0.39 is 23.7 Å². The maximum absolute atomic E-state index is 13.6. The van der Waals surface area contributed by atoms with E-state index in [-0.39, 0.29) is 5.75 Å². The molecule has 0 aliphatic rings. The van der Waals surface area contributed by atoms with E-state index in [2.05, 4.69) is 10.9 Å². The lowest BCUT2D eigenvalue weighted by atomic mass is 10.2. The Morgan fingerprint density at radius 3 is 2.14 bits per heavy atom. The van der Waals surface area contributed by atoms with Gasteiger partial charge in [-0.2, -0.15) is 0 Å². The maximum Gasteiger partial charge on any atom is 0.279 e. The van der Waals surface area contributed by atoms with Crippen LogP contribution in [0, 0.1) is 5.82 Å². The Balaban J connectivity index is 1.50. The van der Waals surface area contributed by atoms with Crippen molar-refractivity contribution in [3.05, 3.63) is 90.2 Å². The summed E-state index contributed by atoms with van der Waals surface area (Å²) in [7, 11) is 0. The molecular formula is C22H19FN2O4. The van der Waals surface area contributed by atoms with Gasteiger partial charge in [0.15, 0.2) is 17.7 Å². The molecular weight excluding hydrogens is 375 g/mol. The molecule has 6 nitrogen and oxygen atoms in total. The monoisotopic (exact) mass is 394 g/mol. The van der Waals surface area contributed by atoms with Crippen molar-refractivity contribution < 1.29 is 23.5 Å². The van der Waals surface area contributed by atoms with Crippen molar-refractivity contribution in [3.8, 4) is 17.2 Å². The van der Waals surface area contributed by atoms with Crippen molar-refractivity contribution in [2.24, 2.45) is 0 Å². The number of para-hydroxylation sites is 2. The molecule has 0 saturated carbocycles. The Bertz CT molecular complexity index is 978. The summed E-state index contributed by atoms with van der Waals surface area (Å²) in [6.07, 6.45) is -1.01. The standard InChI is InChI=1S/C22H19FN2O4/c1-15(28-20-10-6-5-9-19(20)23)21(26)24-25-22(27)16-11-13-18(14-12-16)29-17-7-3-2-4-8-17/h2-15H,1H3,(H,24,26)(H,25,27). The molecule has 0 aliphatic carbocycles. The highest BCUT2D eigenvalue weighted by Crippen LogP contribution is 2.21. The number of carbonyl (C=O) groups is 2. The molecule has 3 rings (SSSR count). The van der Waals surface area contributed by atoms with E-state index in [1.54, 1.807) is 30.3 Å². The predicted molar refractivity (Wildman–Crippen MR) is 105 cm³/mol. The third-order valence-electron chi connectivity index (χ3n) is 3.90. The SMILES string of the molecule is CC(Oc1ccccc1F)C(=O)NNC(=O)c1ccc(Oc2ccccc2)cc1. The normalized spacial score (nSPS) is 11.2. The molecule has 0 saturated heterocycles. The molecule has 2 amide bonds. The molecule has 0 fully saturated rings. The molecule has 0 radical (unpaired) electrons. The van der Waals surface area contributed by atoms with Gasteiger partial charge >= 0.3 is 0 Å². The zero-order valence-corrected chi connectivity index (χ0v) is 15.6. The van der Waals surface area contributed by atoms with Crippen LogP contribution in [-0.4, -0.2) is 17.9 Å². The lowest BCUT2D eigenvalue weighted by Crippen LogP contribution is -2.47. The third kappa shape index (κ3) is 5.55. The number of ether oxygens (including phenoxy) is 2. The second-order valence-electron chi connectivity index (χ2n) is 6.07. The minimum atomic E-state index is -1.01. The van der Waals surface area contributed by atoms with Gasteiger partial charge in [0.2, 0.25) is 0 Å². The first-order valence-corrected chi connectivity index (χ1v) is 8.87. The Labute approximate surface area is 167 Å². The lowest BCUT2D eigenvalue weighted by molar-refractivity contribution is -0.128. The van der Waals surface area contributed by atoms with Crippen LogP contribution in [0.15, 0.2) is 78.9 Å². The van der Waals surface area contributed by atoms with E-state index in [1.807, 2.05) is 30.3 Å². The summed E-state index contributed by atoms with van der Waals surface area (Å²) in [5.74, 6) is -0.498. The van der Waals surface area contributed by atoms with Crippen LogP contribution in [0.5, 0.6) is 17.2 Å². The third-order valence-corrected chi connectivity index (χ3v) is 3.90. The summed E-state index contributed by atoms with van der Waals surface area (Å²) < 4.78 is 24.5. The van der Waals surface area contributed by atoms with E-state index in [0.717, 1.165) is 0 Å². The fourth-order valence-corrected chi connectivity index (χ4v) is 2.38. The summed E-state index contributed by atoms with van der Waals surface area (Å²) in [5.41, 5.74) is 4.88. The van der Waals surface area contributed by atoms with Crippen LogP contribution in [0.1, 0.15) is 17.3 Å². The van der Waals surface area contributed by atoms with Gasteiger partial charge in [-0.3, -0.25) is 20.4 Å². The van der Waals surface area contributed by atoms with Gasteiger partial charge in [0.25, 0.3) is 11.8 Å². The second-order valence-corrected chi connectivity index (χ2v) is 6.07. The second kappa shape index (κ2) is 9.36. The van der Waals surface area contributed by atoms with E-state index in [4.69, 9.17) is 9.47 Å². The average molecular weight is 394 g/mol. The minimum Gasteiger partial charge on any atom is -0.478 e. The topological polar surface area (TPSA) is 76.7 Å². The van der Waals surface area contributed by atoms with Crippen molar-refractivity contribution in [1.82, 2.24) is 10.9 Å². The Morgan fingerprint density at radius 2 is 1.45 bits per heavy atom. The zero-order chi connectivity index (χ0) is 20.6. The number of hydrogen-bond donors (Lipinski definition) is 2. The van der Waals surface area contributed by atoms with Crippen LogP contribution in [0.2, 0.25) is 0 Å². The molecule has 0 aromatic heterocycles. The highest BCUT2D eigenvalue weighted by molar-refractivity contribution is 5.95. The number of amides is 2. The fourth-order valence-electron chi connectivity index (χ4n) is 2.38. The molecule has 3 aromatic carbocycles. The van der Waals surface area contributed by atoms with Crippen molar-refractivity contribution in [2.75, 3.05) is 0 Å². The van der Waals surface area contributed by atoms with Gasteiger partial charge in [-0.25, -0.2) is 4.39 Å². The van der Waals surface area contributed by atoms with Gasteiger partial charge in [-0.1, -0.05) is 30.3 Å². The van der Waals surface area contributed by atoms with E-state index in [1.165, 1.54) is 25.1 Å². The van der Waals surface area contributed by atoms with Crippen LogP contribution in [0.4, 0.5) is 4.39 Å². The Hall–Kier alpha value is -3.87. The zero-order valence-electron chi connectivity index (χ0n) is 15.6. The first-order valence-electron chi connectivity index (χ1n) is 8.87. The fraction of sp³-hybridized carbons (Fsp3) is 0.0909. The highest BCUT2D eigenvalue weighted by Gasteiger charge is 2.17. The molecule has 1 atom stereocenters. The van der Waals surface area contributed by atoms with E-state index in [9.17, 15) is 14.0 Å². The van der Waals surface area contributed by atoms with Crippen LogP contribution in [-0.2, 0) is 4.79 Å². The Kier molecular flexibility index (Phi) is 6.42. The molecule has 2 N–H and O–H groups in total. The van der Waals surface area contributed by atoms with Gasteiger partial charge in [-0.15, -0.1) is 0 Å². The molecule has 148 valence electrons. The van der Waals surface area contributed by atoms with Crippen LogP contribution >= 0.6 is 0 Å². The van der Waals surface area contributed by atoms with Gasteiger partial charge in [-0.05, 0) is 55.5 Å². The molecule has 3 aromatic rings. The lowest BCUT2D eigenvalue weighted by Gasteiger charge is -2.15. The number of benzene rings is 3. The first kappa shape index (κ1) is 19.9. The smallest absolute Gasteiger partial charge is 0.279 e. The average Bonchev–Trinajstić information content (AvgIpc) is 2.74. The summed E-state index contributed by atoms with van der Waals surface area (Å²) in [6.45, 7) is 1.45. The molecule has 0 aliphatic heterocycles. The van der Waals surface area contributed by atoms with Gasteiger partial charge in [0.05, 0.1) is 0 Å². The quantitative estimate of drug-likeness (QED) is 0.623. The number of hydrazine groups is 1. The van der Waals surface area contributed by atoms with Crippen LogP contribution < -0.4 is 20.3 Å². The summed E-state index contributed by atoms with van der Waals surface area (Å²) in [4.78, 5) is 24.2. The number of halogens is 1. The maximum atomic E-state index is 13.6. The minimum absolute atomic E-state index is 0.0459. The number of nitrogens with one attached hydrogen (secondary N) is 2. The predicted octanol–water partition coefficient (Wildman–Crippen LogP) is 3.85. The first-order chi connectivity index (χ1) is 14.0. The van der Waals surface area contributed by atoms with Crippen molar-refractivity contribution in [3.63, 3.8) is 0 Å². The van der Waals surface area contributed by atoms with E-state index >= 15 is 0 Å². The number of hydrogen-bond acceptors (Lipinski definition) is 4. The molecule has 7 heteroatoms. The highest BCUT2D eigenvalue weighted by atomic mass is 19.1. The Morgan fingerprint density at radius 1 is 0.828 bits per heavy atom. The molecule has 29 heavy (non-hydrogen) atoms. The molecule has 0 bridgehead atoms. The number of rotatable bonds is 6.